The second-order valence-electron chi connectivity index (χ2n) is 8.67. The van der Waals surface area contributed by atoms with Crippen LogP contribution in [0.2, 0.25) is 5.02 Å². The van der Waals surface area contributed by atoms with Crippen LogP contribution in [-0.4, -0.2) is 44.8 Å². The number of aryl methyl sites for hydroxylation is 2. The zero-order valence-electron chi connectivity index (χ0n) is 21.0. The average molecular weight is 607 g/mol. The van der Waals surface area contributed by atoms with E-state index in [0.29, 0.717) is 10.7 Å². The fraction of sp³-hybridized carbons (Fsp3) is 0.259. The standard InChI is InChI=1S/C27H29BrClN3O4S/c1-18-5-12-24(15-19(18)2)32(37(35,36)25-13-10-23(29)11-14-25)17-26(33)31(20(3)27(34)30-4)16-21-6-8-22(28)9-7-21/h5-15,20H,16-17H2,1-4H3,(H,30,34)/t20-/m0/s1. The molecule has 0 saturated heterocycles. The normalized spacial score (nSPS) is 12.1. The van der Waals surface area contributed by atoms with E-state index in [9.17, 15) is 18.0 Å². The number of nitrogens with one attached hydrogen (secondary N) is 1. The molecular weight excluding hydrogens is 578 g/mol. The topological polar surface area (TPSA) is 86.8 Å². The van der Waals surface area contributed by atoms with Crippen molar-refractivity contribution in [3.8, 4) is 0 Å². The first kappa shape index (κ1) is 28.7. The van der Waals surface area contributed by atoms with Gasteiger partial charge in [0.15, 0.2) is 0 Å². The smallest absolute Gasteiger partial charge is 0.264 e. The fourth-order valence-electron chi connectivity index (χ4n) is 3.72. The van der Waals surface area contributed by atoms with E-state index in [2.05, 4.69) is 21.2 Å². The minimum absolute atomic E-state index is 0.00161. The molecule has 196 valence electrons. The third-order valence-corrected chi connectivity index (χ3v) is 8.71. The fourth-order valence-corrected chi connectivity index (χ4v) is 5.52. The molecule has 7 nitrogen and oxygen atoms in total. The highest BCUT2D eigenvalue weighted by molar-refractivity contribution is 9.10. The summed E-state index contributed by atoms with van der Waals surface area (Å²) in [5.74, 6) is -0.876. The number of hydrogen-bond acceptors (Lipinski definition) is 4. The molecule has 0 heterocycles. The highest BCUT2D eigenvalue weighted by Crippen LogP contribution is 2.27. The summed E-state index contributed by atoms with van der Waals surface area (Å²) in [4.78, 5) is 27.7. The third kappa shape index (κ3) is 6.91. The number of carbonyl (C=O) groups is 2. The zero-order chi connectivity index (χ0) is 27.3. The maximum absolute atomic E-state index is 13.8. The Balaban J connectivity index is 2.05. The largest absolute Gasteiger partial charge is 0.357 e. The molecule has 3 aromatic rings. The third-order valence-electron chi connectivity index (χ3n) is 6.14. The van der Waals surface area contributed by atoms with Crippen LogP contribution in [0, 0.1) is 13.8 Å². The van der Waals surface area contributed by atoms with E-state index >= 15 is 0 Å². The van der Waals surface area contributed by atoms with Crippen molar-refractivity contribution in [3.63, 3.8) is 0 Å². The summed E-state index contributed by atoms with van der Waals surface area (Å²) in [7, 11) is -2.65. The van der Waals surface area contributed by atoms with Crippen LogP contribution < -0.4 is 9.62 Å². The number of anilines is 1. The number of amides is 2. The quantitative estimate of drug-likeness (QED) is 0.368. The maximum Gasteiger partial charge on any atom is 0.264 e. The molecule has 0 saturated carbocycles. The summed E-state index contributed by atoms with van der Waals surface area (Å²) in [6.07, 6.45) is 0. The van der Waals surface area contributed by atoms with Crippen LogP contribution in [0.3, 0.4) is 0 Å². The SMILES string of the molecule is CNC(=O)[C@H](C)N(Cc1ccc(Br)cc1)C(=O)CN(c1ccc(C)c(C)c1)S(=O)(=O)c1ccc(Cl)cc1. The number of likely N-dealkylation sites (N-methyl/N-ethyl adjacent to an activating group) is 1. The molecule has 0 fully saturated rings. The van der Waals surface area contributed by atoms with Gasteiger partial charge in [0, 0.05) is 23.1 Å². The summed E-state index contributed by atoms with van der Waals surface area (Å²) in [6, 6.07) is 17.5. The van der Waals surface area contributed by atoms with Crippen LogP contribution in [0.25, 0.3) is 0 Å². The zero-order valence-corrected chi connectivity index (χ0v) is 24.2. The maximum atomic E-state index is 13.8. The van der Waals surface area contributed by atoms with Crippen molar-refractivity contribution in [2.24, 2.45) is 0 Å². The van der Waals surface area contributed by atoms with Gasteiger partial charge in [-0.2, -0.15) is 0 Å². The monoisotopic (exact) mass is 605 g/mol. The number of hydrogen-bond donors (Lipinski definition) is 1. The number of benzene rings is 3. The van der Waals surface area contributed by atoms with Crippen LogP contribution in [0.4, 0.5) is 5.69 Å². The minimum atomic E-state index is -4.14. The molecule has 1 atom stereocenters. The van der Waals surface area contributed by atoms with E-state index in [4.69, 9.17) is 11.6 Å². The Morgan fingerprint density at radius 2 is 1.59 bits per heavy atom. The molecular formula is C27H29BrClN3O4S. The van der Waals surface area contributed by atoms with Crippen LogP contribution >= 0.6 is 27.5 Å². The first-order valence-corrected chi connectivity index (χ1v) is 14.2. The van der Waals surface area contributed by atoms with Gasteiger partial charge < -0.3 is 10.2 Å². The van der Waals surface area contributed by atoms with Gasteiger partial charge in [0.1, 0.15) is 12.6 Å². The lowest BCUT2D eigenvalue weighted by atomic mass is 10.1. The van der Waals surface area contributed by atoms with E-state index in [1.54, 1.807) is 19.1 Å². The van der Waals surface area contributed by atoms with Crippen LogP contribution in [0.1, 0.15) is 23.6 Å². The van der Waals surface area contributed by atoms with Gasteiger partial charge in [-0.1, -0.05) is 45.7 Å². The molecule has 1 N–H and O–H groups in total. The first-order valence-electron chi connectivity index (χ1n) is 11.5. The number of rotatable bonds is 9. The molecule has 3 aromatic carbocycles. The second-order valence-corrected chi connectivity index (χ2v) is 11.9. The van der Waals surface area contributed by atoms with Crippen LogP contribution in [0.15, 0.2) is 76.1 Å². The van der Waals surface area contributed by atoms with Gasteiger partial charge in [0.2, 0.25) is 11.8 Å². The van der Waals surface area contributed by atoms with E-state index in [0.717, 1.165) is 25.5 Å². The van der Waals surface area contributed by atoms with Crippen molar-refractivity contribution in [2.75, 3.05) is 17.9 Å². The molecule has 0 aliphatic carbocycles. The van der Waals surface area contributed by atoms with E-state index < -0.39 is 28.5 Å². The van der Waals surface area contributed by atoms with Gasteiger partial charge in [0.05, 0.1) is 10.6 Å². The molecule has 0 spiro atoms. The Hall–Kier alpha value is -2.88. The van der Waals surface area contributed by atoms with Crippen LogP contribution in [0.5, 0.6) is 0 Å². The lowest BCUT2D eigenvalue weighted by Crippen LogP contribution is -2.50. The summed E-state index contributed by atoms with van der Waals surface area (Å²) in [5.41, 5.74) is 3.02. The van der Waals surface area contributed by atoms with Crippen molar-refractivity contribution in [3.05, 3.63) is 92.9 Å². The number of halogens is 2. The lowest BCUT2D eigenvalue weighted by molar-refractivity contribution is -0.139. The Kier molecular flexibility index (Phi) is 9.39. The predicted octanol–water partition coefficient (Wildman–Crippen LogP) is 5.08. The van der Waals surface area contributed by atoms with Gasteiger partial charge >= 0.3 is 0 Å². The molecule has 0 radical (unpaired) electrons. The summed E-state index contributed by atoms with van der Waals surface area (Å²) < 4.78 is 29.5. The minimum Gasteiger partial charge on any atom is -0.357 e. The van der Waals surface area contributed by atoms with Gasteiger partial charge in [-0.15, -0.1) is 0 Å². The summed E-state index contributed by atoms with van der Waals surface area (Å²) in [5, 5.41) is 2.97. The molecule has 2 amide bonds. The van der Waals surface area contributed by atoms with Gasteiger partial charge in [-0.05, 0) is 86.0 Å². The Morgan fingerprint density at radius 1 is 0.973 bits per heavy atom. The lowest BCUT2D eigenvalue weighted by Gasteiger charge is -2.32. The molecule has 0 unspecified atom stereocenters. The Labute approximate surface area is 231 Å². The van der Waals surface area contributed by atoms with E-state index in [1.807, 2.05) is 44.2 Å². The van der Waals surface area contributed by atoms with Gasteiger partial charge in [0.25, 0.3) is 10.0 Å². The predicted molar refractivity (Wildman–Crippen MR) is 150 cm³/mol. The van der Waals surface area contributed by atoms with E-state index in [1.165, 1.54) is 36.2 Å². The molecule has 3 rings (SSSR count). The van der Waals surface area contributed by atoms with Crippen LogP contribution in [-0.2, 0) is 26.2 Å². The highest BCUT2D eigenvalue weighted by atomic mass is 79.9. The van der Waals surface area contributed by atoms with Crippen molar-refractivity contribution < 1.29 is 18.0 Å². The highest BCUT2D eigenvalue weighted by Gasteiger charge is 2.32. The molecule has 0 aliphatic rings. The van der Waals surface area contributed by atoms with Crippen molar-refractivity contribution in [2.45, 2.75) is 38.3 Å². The number of nitrogens with zero attached hydrogens (tertiary/aromatic N) is 2. The van der Waals surface area contributed by atoms with Crippen molar-refractivity contribution >= 4 is 55.1 Å². The molecule has 0 aliphatic heterocycles. The van der Waals surface area contributed by atoms with Crippen molar-refractivity contribution in [1.29, 1.82) is 0 Å². The molecule has 10 heteroatoms. The molecule has 37 heavy (non-hydrogen) atoms. The average Bonchev–Trinajstić information content (AvgIpc) is 2.87. The van der Waals surface area contributed by atoms with Gasteiger partial charge in [-0.3, -0.25) is 13.9 Å². The Bertz CT molecular complexity index is 1380. The van der Waals surface area contributed by atoms with E-state index in [-0.39, 0.29) is 17.3 Å². The molecule has 0 aromatic heterocycles. The number of carbonyl (C=O) groups excluding carboxylic acids is 2. The number of sulfonamides is 1. The first-order chi connectivity index (χ1) is 17.4. The summed E-state index contributed by atoms with van der Waals surface area (Å²) in [6.45, 7) is 5.05. The molecule has 0 bridgehead atoms. The second kappa shape index (κ2) is 12.1. The Morgan fingerprint density at radius 3 is 2.16 bits per heavy atom. The summed E-state index contributed by atoms with van der Waals surface area (Å²) >= 11 is 9.37. The van der Waals surface area contributed by atoms with Crippen molar-refractivity contribution in [1.82, 2.24) is 10.2 Å². The van der Waals surface area contributed by atoms with Gasteiger partial charge in [-0.25, -0.2) is 8.42 Å².